The second-order valence-electron chi connectivity index (χ2n) is 5.15. The Kier molecular flexibility index (Phi) is 5.23. The molecule has 0 spiro atoms. The van der Waals surface area contributed by atoms with Crippen LogP contribution in [0.5, 0.6) is 0 Å². The second-order valence-corrected chi connectivity index (χ2v) is 6.14. The van der Waals surface area contributed by atoms with Gasteiger partial charge >= 0.3 is 0 Å². The highest BCUT2D eigenvalue weighted by atomic mass is 32.2. The maximum Gasteiger partial charge on any atom is 0.180 e. The minimum absolute atomic E-state index is 0.303. The Hall–Kier alpha value is -2.66. The van der Waals surface area contributed by atoms with Crippen LogP contribution in [0.3, 0.4) is 0 Å². The molecule has 0 fully saturated rings. The highest BCUT2D eigenvalue weighted by Crippen LogP contribution is 2.20. The lowest BCUT2D eigenvalue weighted by atomic mass is 10.1. The summed E-state index contributed by atoms with van der Waals surface area (Å²) in [6, 6.07) is 20.8. The summed E-state index contributed by atoms with van der Waals surface area (Å²) in [4.78, 5) is 0. The molecule has 0 bridgehead atoms. The average molecular weight is 337 g/mol. The Bertz CT molecular complexity index is 892. The zero-order valence-electron chi connectivity index (χ0n) is 12.9. The van der Waals surface area contributed by atoms with Crippen molar-refractivity contribution in [1.29, 1.82) is 0 Å². The molecule has 2 N–H and O–H groups in total. The van der Waals surface area contributed by atoms with E-state index in [9.17, 15) is 4.39 Å². The largest absolute Gasteiger partial charge is 0.377 e. The number of thioether (sulfide) groups is 1. The van der Waals surface area contributed by atoms with Crippen molar-refractivity contribution < 1.29 is 4.39 Å². The van der Waals surface area contributed by atoms with Gasteiger partial charge in [0.15, 0.2) is 5.17 Å². The predicted octanol–water partition coefficient (Wildman–Crippen LogP) is 4.56. The third-order valence-corrected chi connectivity index (χ3v) is 4.33. The van der Waals surface area contributed by atoms with E-state index < -0.39 is 0 Å². The Morgan fingerprint density at radius 2 is 1.75 bits per heavy atom. The molecule has 0 aromatic heterocycles. The standard InChI is InChI=1S/C19H16FN3S/c20-18-16(11-10-15-8-4-5-9-17(15)18)12-22-23-19(21)24-13-14-6-2-1-3-7-14/h1-12H,13H2,(H2,21,23). The first-order chi connectivity index (χ1) is 11.7. The second kappa shape index (κ2) is 7.75. The quantitative estimate of drug-likeness (QED) is 0.431. The van der Waals surface area contributed by atoms with Crippen molar-refractivity contribution in [2.75, 3.05) is 0 Å². The number of hydrogen-bond acceptors (Lipinski definition) is 3. The Morgan fingerprint density at radius 1 is 1.00 bits per heavy atom. The zero-order valence-corrected chi connectivity index (χ0v) is 13.7. The number of nitrogens with zero attached hydrogens (tertiary/aromatic N) is 2. The highest BCUT2D eigenvalue weighted by Gasteiger charge is 2.04. The lowest BCUT2D eigenvalue weighted by Crippen LogP contribution is -2.06. The summed E-state index contributed by atoms with van der Waals surface area (Å²) >= 11 is 1.39. The predicted molar refractivity (Wildman–Crippen MR) is 101 cm³/mol. The first-order valence-electron chi connectivity index (χ1n) is 7.44. The van der Waals surface area contributed by atoms with Gasteiger partial charge in [-0.3, -0.25) is 0 Å². The molecule has 3 rings (SSSR count). The van der Waals surface area contributed by atoms with E-state index in [0.717, 1.165) is 16.7 Å². The van der Waals surface area contributed by atoms with Gasteiger partial charge in [-0.25, -0.2) is 4.39 Å². The van der Waals surface area contributed by atoms with Crippen LogP contribution >= 0.6 is 11.8 Å². The fourth-order valence-corrected chi connectivity index (χ4v) is 2.87. The van der Waals surface area contributed by atoms with Gasteiger partial charge in [-0.15, -0.1) is 5.10 Å². The van der Waals surface area contributed by atoms with E-state index in [1.807, 2.05) is 54.6 Å². The normalized spacial score (nSPS) is 12.1. The van der Waals surface area contributed by atoms with E-state index in [1.165, 1.54) is 18.0 Å². The van der Waals surface area contributed by atoms with Crippen molar-refractivity contribution in [3.63, 3.8) is 0 Å². The fraction of sp³-hybridized carbons (Fsp3) is 0.0526. The minimum atomic E-state index is -0.303. The van der Waals surface area contributed by atoms with E-state index in [-0.39, 0.29) is 5.82 Å². The van der Waals surface area contributed by atoms with Crippen LogP contribution in [0.4, 0.5) is 4.39 Å². The summed E-state index contributed by atoms with van der Waals surface area (Å²) in [7, 11) is 0. The molecule has 0 saturated heterocycles. The van der Waals surface area contributed by atoms with Crippen LogP contribution in [-0.2, 0) is 5.75 Å². The number of nitrogens with two attached hydrogens (primary N) is 1. The van der Waals surface area contributed by atoms with Crippen molar-refractivity contribution in [2.24, 2.45) is 15.9 Å². The summed E-state index contributed by atoms with van der Waals surface area (Å²) in [6.45, 7) is 0. The van der Waals surface area contributed by atoms with Crippen molar-refractivity contribution in [2.45, 2.75) is 5.75 Å². The molecular formula is C19H16FN3S. The third kappa shape index (κ3) is 4.00. The molecule has 0 aliphatic heterocycles. The van der Waals surface area contributed by atoms with Gasteiger partial charge in [0.1, 0.15) is 5.82 Å². The summed E-state index contributed by atoms with van der Waals surface area (Å²) in [5, 5.41) is 9.58. The van der Waals surface area contributed by atoms with Gasteiger partial charge in [0.2, 0.25) is 0 Å². The minimum Gasteiger partial charge on any atom is -0.377 e. The molecule has 0 saturated carbocycles. The van der Waals surface area contributed by atoms with Gasteiger partial charge in [-0.2, -0.15) is 5.10 Å². The molecule has 0 heterocycles. The van der Waals surface area contributed by atoms with Crippen molar-refractivity contribution in [3.05, 3.63) is 83.7 Å². The lowest BCUT2D eigenvalue weighted by molar-refractivity contribution is 0.638. The maximum atomic E-state index is 14.4. The number of rotatable bonds is 4. The molecule has 3 aromatic rings. The van der Waals surface area contributed by atoms with Gasteiger partial charge in [0, 0.05) is 16.7 Å². The first kappa shape index (κ1) is 16.2. The van der Waals surface area contributed by atoms with Gasteiger partial charge in [0.25, 0.3) is 0 Å². The molecule has 0 unspecified atom stereocenters. The Morgan fingerprint density at radius 3 is 2.58 bits per heavy atom. The number of benzene rings is 3. The number of amidine groups is 1. The lowest BCUT2D eigenvalue weighted by Gasteiger charge is -2.02. The monoisotopic (exact) mass is 337 g/mol. The summed E-state index contributed by atoms with van der Waals surface area (Å²) in [5.74, 6) is 0.415. The fourth-order valence-electron chi connectivity index (χ4n) is 2.26. The van der Waals surface area contributed by atoms with E-state index >= 15 is 0 Å². The SMILES string of the molecule is NC(=NN=Cc1ccc2ccccc2c1F)SCc1ccccc1. The van der Waals surface area contributed by atoms with Crippen LogP contribution in [0.15, 0.2) is 76.9 Å². The number of halogens is 1. The maximum absolute atomic E-state index is 14.4. The molecule has 24 heavy (non-hydrogen) atoms. The Balaban J connectivity index is 1.68. The van der Waals surface area contributed by atoms with E-state index in [2.05, 4.69) is 10.2 Å². The number of fused-ring (bicyclic) bond motifs is 1. The molecule has 3 nitrogen and oxygen atoms in total. The van der Waals surface area contributed by atoms with Crippen LogP contribution in [0.2, 0.25) is 0 Å². The van der Waals surface area contributed by atoms with E-state index in [0.29, 0.717) is 16.1 Å². The first-order valence-corrected chi connectivity index (χ1v) is 8.43. The molecule has 0 aliphatic carbocycles. The molecule has 0 amide bonds. The van der Waals surface area contributed by atoms with Crippen LogP contribution in [0.1, 0.15) is 11.1 Å². The van der Waals surface area contributed by atoms with Crippen LogP contribution in [0, 0.1) is 5.82 Å². The van der Waals surface area contributed by atoms with Crippen molar-refractivity contribution in [3.8, 4) is 0 Å². The van der Waals surface area contributed by atoms with Gasteiger partial charge in [0.05, 0.1) is 6.21 Å². The molecule has 0 atom stereocenters. The molecule has 5 heteroatoms. The Labute approximate surface area is 144 Å². The molecular weight excluding hydrogens is 321 g/mol. The van der Waals surface area contributed by atoms with Crippen molar-refractivity contribution >= 4 is 33.9 Å². The molecule has 3 aromatic carbocycles. The van der Waals surface area contributed by atoms with E-state index in [4.69, 9.17) is 5.73 Å². The molecule has 120 valence electrons. The van der Waals surface area contributed by atoms with Crippen LogP contribution < -0.4 is 5.73 Å². The van der Waals surface area contributed by atoms with Gasteiger partial charge in [-0.1, -0.05) is 72.4 Å². The van der Waals surface area contributed by atoms with Crippen LogP contribution in [-0.4, -0.2) is 11.4 Å². The highest BCUT2D eigenvalue weighted by molar-refractivity contribution is 8.13. The smallest absolute Gasteiger partial charge is 0.180 e. The summed E-state index contributed by atoms with van der Waals surface area (Å²) < 4.78 is 14.4. The van der Waals surface area contributed by atoms with Crippen molar-refractivity contribution in [1.82, 2.24) is 0 Å². The molecule has 0 aliphatic rings. The van der Waals surface area contributed by atoms with Gasteiger partial charge < -0.3 is 5.73 Å². The summed E-state index contributed by atoms with van der Waals surface area (Å²) in [5.41, 5.74) is 7.36. The van der Waals surface area contributed by atoms with Crippen LogP contribution in [0.25, 0.3) is 10.8 Å². The number of hydrogen-bond donors (Lipinski definition) is 1. The molecule has 0 radical (unpaired) electrons. The zero-order chi connectivity index (χ0) is 16.8. The van der Waals surface area contributed by atoms with E-state index in [1.54, 1.807) is 12.1 Å². The topological polar surface area (TPSA) is 50.7 Å². The van der Waals surface area contributed by atoms with Gasteiger partial charge in [-0.05, 0) is 17.0 Å². The third-order valence-electron chi connectivity index (χ3n) is 3.48. The average Bonchev–Trinajstić information content (AvgIpc) is 2.63. The summed E-state index contributed by atoms with van der Waals surface area (Å²) in [6.07, 6.45) is 1.39.